The first kappa shape index (κ1) is 44.7. The van der Waals surface area contributed by atoms with E-state index in [-0.39, 0.29) is 48.7 Å². The fourth-order valence-electron chi connectivity index (χ4n) is 9.18. The van der Waals surface area contributed by atoms with E-state index in [2.05, 4.69) is 0 Å². The van der Waals surface area contributed by atoms with E-state index in [0.717, 1.165) is 4.90 Å². The second-order valence-corrected chi connectivity index (χ2v) is 16.2. The number of aliphatic hydroxyl groups excluding tert-OH is 5. The van der Waals surface area contributed by atoms with Crippen molar-refractivity contribution in [1.82, 2.24) is 0 Å². The number of ether oxygens (including phenoxy) is 12. The number of aliphatic carboxylic acids is 1. The Morgan fingerprint density at radius 2 is 1.45 bits per heavy atom. The monoisotopic (exact) mass is 913 g/mol. The van der Waals surface area contributed by atoms with E-state index in [9.17, 15) is 45.0 Å². The summed E-state index contributed by atoms with van der Waals surface area (Å²) >= 11 is 0. The summed E-state index contributed by atoms with van der Waals surface area (Å²) < 4.78 is 69.7. The Hall–Kier alpha value is -5.53. The molecule has 6 N–H and O–H groups in total. The van der Waals surface area contributed by atoms with Crippen LogP contribution < -0.4 is 33.3 Å². The molecule has 4 saturated heterocycles. The van der Waals surface area contributed by atoms with Crippen molar-refractivity contribution in [3.63, 3.8) is 0 Å². The lowest BCUT2D eigenvalue weighted by atomic mass is 9.66. The Morgan fingerprint density at radius 3 is 2.14 bits per heavy atom. The topological polar surface area (TPSA) is 287 Å². The van der Waals surface area contributed by atoms with Crippen molar-refractivity contribution in [2.45, 2.75) is 86.6 Å². The fourth-order valence-corrected chi connectivity index (χ4v) is 9.18. The zero-order valence-corrected chi connectivity index (χ0v) is 35.2. The summed E-state index contributed by atoms with van der Waals surface area (Å²) in [5.41, 5.74) is 1.66. The number of carboxylic acids is 1. The Balaban J connectivity index is 1.02. The number of fused-ring (bicyclic) bond motifs is 4. The first-order valence-corrected chi connectivity index (χ1v) is 20.6. The molecule has 0 saturated carbocycles. The minimum Gasteiger partial charge on any atom is -0.493 e. The molecule has 1 aliphatic carbocycles. The number of esters is 1. The van der Waals surface area contributed by atoms with Gasteiger partial charge in [0.2, 0.25) is 18.8 Å². The molecule has 6 aliphatic rings. The van der Waals surface area contributed by atoms with Crippen LogP contribution >= 0.6 is 0 Å². The first-order valence-electron chi connectivity index (χ1n) is 20.6. The van der Waals surface area contributed by atoms with Crippen LogP contribution in [0, 0.1) is 11.8 Å². The molecule has 0 bridgehead atoms. The van der Waals surface area contributed by atoms with Crippen LogP contribution in [0.25, 0.3) is 0 Å². The number of rotatable bonds is 10. The molecule has 350 valence electrons. The third-order valence-electron chi connectivity index (χ3n) is 12.5. The molecule has 8 unspecified atom stereocenters. The van der Waals surface area contributed by atoms with E-state index in [0.29, 0.717) is 28.2 Å². The molecule has 4 fully saturated rings. The predicted molar refractivity (Wildman–Crippen MR) is 212 cm³/mol. The molecule has 15 atom stereocenters. The number of benzene rings is 3. The van der Waals surface area contributed by atoms with E-state index in [1.165, 1.54) is 39.5 Å². The van der Waals surface area contributed by atoms with Crippen molar-refractivity contribution in [3.8, 4) is 34.5 Å². The van der Waals surface area contributed by atoms with Crippen molar-refractivity contribution >= 4 is 23.7 Å². The number of aliphatic hydroxyl groups is 5. The number of hydrogen-bond donors (Lipinski definition) is 6. The van der Waals surface area contributed by atoms with Gasteiger partial charge in [0, 0.05) is 18.9 Å². The van der Waals surface area contributed by atoms with Gasteiger partial charge in [-0.2, -0.15) is 0 Å². The Kier molecular flexibility index (Phi) is 12.2. The van der Waals surface area contributed by atoms with Crippen LogP contribution in [0.15, 0.2) is 48.5 Å². The molecule has 3 aromatic rings. The second-order valence-electron chi connectivity index (χ2n) is 16.2. The standard InChI is InChI=1S/C43H47NO21/c1-16-56-14-27-37(60-16)32(47)34(49)42(62-27)63-35-19-12-24-23(58-15-59-24)11-18(19)28(29-20(35)13-57-40(29)52)17-9-25(54-3)36(26(10-17)55-4)65-43(53)44(2)21-7-5-6-8-22(21)61-41-33(48)30(45)31(46)38(64-41)39(50)51/h5-12,16,20,27-35,37-38,41-42,45-49H,13-15H2,1-4H3,(H,50,51)/t16?,20-,27?,28+,29-,30?,31+,32?,33+,34?,35?,37-,38?,41+,42?/m0/s1. The van der Waals surface area contributed by atoms with E-state index in [1.807, 2.05) is 0 Å². The highest BCUT2D eigenvalue weighted by Gasteiger charge is 2.56. The number of amides is 1. The lowest BCUT2D eigenvalue weighted by Gasteiger charge is -2.47. The highest BCUT2D eigenvalue weighted by molar-refractivity contribution is 5.91. The maximum atomic E-state index is 13.9. The number of para-hydroxylation sites is 2. The summed E-state index contributed by atoms with van der Waals surface area (Å²) in [5, 5.41) is 62.9. The zero-order valence-electron chi connectivity index (χ0n) is 35.2. The number of methoxy groups -OCH3 is 2. The van der Waals surface area contributed by atoms with Gasteiger partial charge >= 0.3 is 18.0 Å². The van der Waals surface area contributed by atoms with Gasteiger partial charge in [-0.05, 0) is 60.0 Å². The highest BCUT2D eigenvalue weighted by Crippen LogP contribution is 2.57. The molecule has 5 aliphatic heterocycles. The molecule has 3 aromatic carbocycles. The summed E-state index contributed by atoms with van der Waals surface area (Å²) in [5.74, 6) is -3.89. The Morgan fingerprint density at radius 1 is 0.769 bits per heavy atom. The van der Waals surface area contributed by atoms with Crippen LogP contribution in [0.2, 0.25) is 0 Å². The third-order valence-corrected chi connectivity index (χ3v) is 12.5. The van der Waals surface area contributed by atoms with Crippen LogP contribution in [0.4, 0.5) is 10.5 Å². The predicted octanol–water partition coefficient (Wildman–Crippen LogP) is 0.539. The van der Waals surface area contributed by atoms with E-state index < -0.39 is 110 Å². The van der Waals surface area contributed by atoms with Crippen LogP contribution in [0.3, 0.4) is 0 Å². The van der Waals surface area contributed by atoms with Gasteiger partial charge in [0.15, 0.2) is 41.7 Å². The summed E-state index contributed by atoms with van der Waals surface area (Å²) in [6, 6.07) is 12.6. The first-order chi connectivity index (χ1) is 31.2. The fraction of sp³-hybridized carbons (Fsp3) is 0.512. The summed E-state index contributed by atoms with van der Waals surface area (Å²) in [6.45, 7) is 1.61. The number of cyclic esters (lactones) is 1. The lowest BCUT2D eigenvalue weighted by molar-refractivity contribution is -0.364. The van der Waals surface area contributed by atoms with Crippen molar-refractivity contribution in [1.29, 1.82) is 0 Å². The number of hydrogen-bond acceptors (Lipinski definition) is 20. The molecular formula is C43H47NO21. The lowest BCUT2D eigenvalue weighted by Crippen LogP contribution is -2.63. The number of anilines is 1. The molecule has 22 nitrogen and oxygen atoms in total. The minimum absolute atomic E-state index is 0.0220. The van der Waals surface area contributed by atoms with Gasteiger partial charge in [0.1, 0.15) is 48.5 Å². The number of carbonyl (C=O) groups excluding carboxylic acids is 2. The molecule has 5 heterocycles. The van der Waals surface area contributed by atoms with Gasteiger partial charge in [-0.3, -0.25) is 9.69 Å². The summed E-state index contributed by atoms with van der Waals surface area (Å²) in [7, 11) is 4.03. The van der Waals surface area contributed by atoms with Crippen molar-refractivity contribution in [3.05, 3.63) is 65.2 Å². The highest BCUT2D eigenvalue weighted by atomic mass is 16.8. The van der Waals surface area contributed by atoms with E-state index in [1.54, 1.807) is 37.3 Å². The third kappa shape index (κ3) is 7.92. The SMILES string of the molecule is COc1cc([C@@H]2c3cc4c(cc3C(OC3OC5COC(C)O[C@@H]5C(O)C3O)[C@H]3COC(=O)[C@H]23)OCO4)cc(OC)c1OC(=O)N(C)c1ccccc1O[C@@H]1OC(C(=O)O)[C@H](O)C(O)[C@H]1O. The van der Waals surface area contributed by atoms with Gasteiger partial charge < -0.3 is 87.5 Å². The van der Waals surface area contributed by atoms with Crippen LogP contribution in [0.1, 0.15) is 35.6 Å². The Labute approximate surface area is 369 Å². The van der Waals surface area contributed by atoms with Crippen molar-refractivity contribution in [2.24, 2.45) is 11.8 Å². The van der Waals surface area contributed by atoms with Gasteiger partial charge in [-0.25, -0.2) is 9.59 Å². The number of nitrogens with zero attached hydrogens (tertiary/aromatic N) is 1. The van der Waals surface area contributed by atoms with Gasteiger partial charge in [-0.1, -0.05) is 12.1 Å². The quantitative estimate of drug-likeness (QED) is 0.151. The number of carbonyl (C=O) groups is 3. The molecule has 9 rings (SSSR count). The van der Waals surface area contributed by atoms with Crippen molar-refractivity contribution < 1.29 is 102 Å². The molecule has 0 radical (unpaired) electrons. The minimum atomic E-state index is -1.95. The largest absolute Gasteiger partial charge is 0.493 e. The molecular weight excluding hydrogens is 866 g/mol. The van der Waals surface area contributed by atoms with Crippen molar-refractivity contribution in [2.75, 3.05) is 46.2 Å². The van der Waals surface area contributed by atoms with E-state index in [4.69, 9.17) is 56.8 Å². The van der Waals surface area contributed by atoms with E-state index >= 15 is 0 Å². The molecule has 1 amide bonds. The Bertz CT molecular complexity index is 2280. The van der Waals surface area contributed by atoms with Gasteiger partial charge in [0.25, 0.3) is 0 Å². The van der Waals surface area contributed by atoms with Crippen LogP contribution in [-0.4, -0.2) is 158 Å². The molecule has 65 heavy (non-hydrogen) atoms. The second kappa shape index (κ2) is 17.7. The smallest absolute Gasteiger partial charge is 0.419 e. The normalized spacial score (nSPS) is 34.6. The average molecular weight is 914 g/mol. The number of carboxylic acid groups (broad SMARTS) is 1. The zero-order chi connectivity index (χ0) is 46.0. The molecule has 0 spiro atoms. The maximum absolute atomic E-state index is 13.9. The average Bonchev–Trinajstić information content (AvgIpc) is 3.93. The van der Waals surface area contributed by atoms with Crippen LogP contribution in [-0.2, 0) is 38.0 Å². The van der Waals surface area contributed by atoms with Crippen LogP contribution in [0.5, 0.6) is 34.5 Å². The van der Waals surface area contributed by atoms with Gasteiger partial charge in [-0.15, -0.1) is 0 Å². The summed E-state index contributed by atoms with van der Waals surface area (Å²) in [4.78, 5) is 40.5. The maximum Gasteiger partial charge on any atom is 0.419 e. The molecule has 22 heteroatoms. The van der Waals surface area contributed by atoms with Gasteiger partial charge in [0.05, 0.1) is 45.1 Å². The molecule has 0 aromatic heterocycles. The summed E-state index contributed by atoms with van der Waals surface area (Å²) in [6.07, 6.45) is -17.9.